The zero-order chi connectivity index (χ0) is 7.40. The number of hydrogen-bond donors (Lipinski definition) is 1. The van der Waals surface area contributed by atoms with Crippen molar-refractivity contribution in [1.29, 1.82) is 0 Å². The standard InChI is InChI=1S/C5H4IN3O/c6-9-5(10)4-3-7-1-2-8-4/h1-3H,(H,9,10). The Hall–Kier alpha value is -0.720. The fourth-order valence-electron chi connectivity index (χ4n) is 0.465. The Labute approximate surface area is 71.6 Å². The average molecular weight is 249 g/mol. The smallest absolute Gasteiger partial charge is 0.280 e. The number of carbonyl (C=O) groups is 1. The minimum absolute atomic E-state index is 0.228. The molecule has 0 atom stereocenters. The molecule has 1 N–H and O–H groups in total. The van der Waals surface area contributed by atoms with Gasteiger partial charge in [-0.3, -0.25) is 13.3 Å². The first-order valence-corrected chi connectivity index (χ1v) is 3.59. The predicted octanol–water partition coefficient (Wildman–Crippen LogP) is 0.556. The van der Waals surface area contributed by atoms with Gasteiger partial charge in [-0.05, 0) is 0 Å². The summed E-state index contributed by atoms with van der Waals surface area (Å²) in [7, 11) is 0. The van der Waals surface area contributed by atoms with Crippen LogP contribution in [-0.4, -0.2) is 15.9 Å². The molecule has 0 spiro atoms. The number of amides is 1. The van der Waals surface area contributed by atoms with Gasteiger partial charge >= 0.3 is 0 Å². The van der Waals surface area contributed by atoms with E-state index in [1.54, 1.807) is 22.9 Å². The van der Waals surface area contributed by atoms with Crippen molar-refractivity contribution in [2.24, 2.45) is 0 Å². The lowest BCUT2D eigenvalue weighted by atomic mass is 10.4. The quantitative estimate of drug-likeness (QED) is 0.584. The maximum absolute atomic E-state index is 10.8. The van der Waals surface area contributed by atoms with Gasteiger partial charge in [0, 0.05) is 12.4 Å². The Balaban J connectivity index is 2.85. The molecule has 52 valence electrons. The summed E-state index contributed by atoms with van der Waals surface area (Å²) in [6.45, 7) is 0. The van der Waals surface area contributed by atoms with E-state index in [-0.39, 0.29) is 5.91 Å². The third-order valence-electron chi connectivity index (χ3n) is 0.882. The highest BCUT2D eigenvalue weighted by atomic mass is 127. The number of nitrogens with zero attached hydrogens (tertiary/aromatic N) is 2. The Morgan fingerprint density at radius 1 is 1.60 bits per heavy atom. The molecular weight excluding hydrogens is 245 g/mol. The molecule has 0 aliphatic heterocycles. The second kappa shape index (κ2) is 3.45. The van der Waals surface area contributed by atoms with Gasteiger partial charge in [-0.25, -0.2) is 4.98 Å². The lowest BCUT2D eigenvalue weighted by molar-refractivity contribution is 0.0984. The largest absolute Gasteiger partial charge is 0.293 e. The molecule has 0 radical (unpaired) electrons. The van der Waals surface area contributed by atoms with Crippen molar-refractivity contribution in [2.45, 2.75) is 0 Å². The molecule has 0 aliphatic carbocycles. The topological polar surface area (TPSA) is 54.9 Å². The number of halogens is 1. The van der Waals surface area contributed by atoms with Gasteiger partial charge in [0.25, 0.3) is 5.91 Å². The molecule has 5 heteroatoms. The minimum Gasteiger partial charge on any atom is -0.293 e. The van der Waals surface area contributed by atoms with E-state index in [4.69, 9.17) is 0 Å². The van der Waals surface area contributed by atoms with Crippen molar-refractivity contribution in [3.05, 3.63) is 24.3 Å². The number of hydrogen-bond acceptors (Lipinski definition) is 3. The molecule has 1 amide bonds. The van der Waals surface area contributed by atoms with Gasteiger partial charge < -0.3 is 0 Å². The maximum Gasteiger partial charge on any atom is 0.280 e. The SMILES string of the molecule is O=C(NI)c1cnccn1. The van der Waals surface area contributed by atoms with Crippen LogP contribution in [0.2, 0.25) is 0 Å². The van der Waals surface area contributed by atoms with E-state index >= 15 is 0 Å². The van der Waals surface area contributed by atoms with Crippen LogP contribution in [0.15, 0.2) is 18.6 Å². The molecule has 0 bridgehead atoms. The van der Waals surface area contributed by atoms with Crippen LogP contribution >= 0.6 is 22.9 Å². The normalized spacial score (nSPS) is 8.90. The number of rotatable bonds is 1. The highest BCUT2D eigenvalue weighted by Crippen LogP contribution is 1.90. The van der Waals surface area contributed by atoms with E-state index in [9.17, 15) is 4.79 Å². The first-order valence-electron chi connectivity index (χ1n) is 2.51. The van der Waals surface area contributed by atoms with Crippen molar-refractivity contribution in [1.82, 2.24) is 13.5 Å². The number of aromatic nitrogens is 2. The summed E-state index contributed by atoms with van der Waals surface area (Å²) in [5.41, 5.74) is 0.330. The molecule has 4 nitrogen and oxygen atoms in total. The molecule has 0 saturated heterocycles. The van der Waals surface area contributed by atoms with Gasteiger partial charge in [0.15, 0.2) is 0 Å². The van der Waals surface area contributed by atoms with Crippen LogP contribution in [0, 0.1) is 0 Å². The molecule has 0 saturated carbocycles. The fourth-order valence-corrected chi connectivity index (χ4v) is 0.741. The lowest BCUT2D eigenvalue weighted by Gasteiger charge is -1.92. The summed E-state index contributed by atoms with van der Waals surface area (Å²) in [4.78, 5) is 18.3. The van der Waals surface area contributed by atoms with Gasteiger partial charge in [0.1, 0.15) is 5.69 Å². The zero-order valence-corrected chi connectivity index (χ0v) is 7.07. The van der Waals surface area contributed by atoms with Crippen LogP contribution < -0.4 is 3.53 Å². The zero-order valence-electron chi connectivity index (χ0n) is 4.91. The summed E-state index contributed by atoms with van der Waals surface area (Å²) in [5, 5.41) is 0. The molecule has 1 rings (SSSR count). The van der Waals surface area contributed by atoms with Crippen molar-refractivity contribution in [3.8, 4) is 0 Å². The minimum atomic E-state index is -0.228. The van der Waals surface area contributed by atoms with Gasteiger partial charge in [-0.15, -0.1) is 0 Å². The molecule has 1 heterocycles. The Morgan fingerprint density at radius 2 is 2.40 bits per heavy atom. The van der Waals surface area contributed by atoms with Crippen molar-refractivity contribution in [3.63, 3.8) is 0 Å². The van der Waals surface area contributed by atoms with Crippen LogP contribution in [0.3, 0.4) is 0 Å². The van der Waals surface area contributed by atoms with E-state index in [0.29, 0.717) is 5.69 Å². The highest BCUT2D eigenvalue weighted by molar-refractivity contribution is 14.1. The van der Waals surface area contributed by atoms with Crippen LogP contribution in [-0.2, 0) is 0 Å². The molecule has 0 aromatic carbocycles. The molecule has 1 aromatic heterocycles. The fraction of sp³-hybridized carbons (Fsp3) is 0. The van der Waals surface area contributed by atoms with Crippen LogP contribution in [0.5, 0.6) is 0 Å². The summed E-state index contributed by atoms with van der Waals surface area (Å²) in [6, 6.07) is 0. The molecule has 1 aromatic rings. The van der Waals surface area contributed by atoms with E-state index in [2.05, 4.69) is 13.5 Å². The summed E-state index contributed by atoms with van der Waals surface area (Å²) in [5.74, 6) is -0.228. The second-order valence-electron chi connectivity index (χ2n) is 1.51. The lowest BCUT2D eigenvalue weighted by Crippen LogP contribution is -2.13. The second-order valence-corrected chi connectivity index (χ2v) is 2.05. The maximum atomic E-state index is 10.8. The number of carbonyl (C=O) groups excluding carboxylic acids is 1. The number of nitrogens with one attached hydrogen (secondary N) is 1. The van der Waals surface area contributed by atoms with Gasteiger partial charge in [0.2, 0.25) is 0 Å². The van der Waals surface area contributed by atoms with Crippen LogP contribution in [0.25, 0.3) is 0 Å². The Morgan fingerprint density at radius 3 is 2.90 bits per heavy atom. The van der Waals surface area contributed by atoms with Gasteiger partial charge in [-0.2, -0.15) is 0 Å². The predicted molar refractivity (Wildman–Crippen MR) is 43.5 cm³/mol. The Kier molecular flexibility index (Phi) is 2.55. The summed E-state index contributed by atoms with van der Waals surface area (Å²) in [6.07, 6.45) is 4.40. The third-order valence-corrected chi connectivity index (χ3v) is 1.37. The van der Waals surface area contributed by atoms with Crippen molar-refractivity contribution >= 4 is 28.8 Å². The molecule has 0 aliphatic rings. The monoisotopic (exact) mass is 249 g/mol. The van der Waals surface area contributed by atoms with Gasteiger partial charge in [0.05, 0.1) is 29.1 Å². The Bertz CT molecular complexity index is 226. The molecular formula is C5H4IN3O. The van der Waals surface area contributed by atoms with E-state index in [1.807, 2.05) is 0 Å². The summed E-state index contributed by atoms with van der Waals surface area (Å²) >= 11 is 1.75. The van der Waals surface area contributed by atoms with Gasteiger partial charge in [-0.1, -0.05) is 0 Å². The summed E-state index contributed by atoms with van der Waals surface area (Å²) < 4.78 is 2.41. The van der Waals surface area contributed by atoms with Crippen molar-refractivity contribution in [2.75, 3.05) is 0 Å². The highest BCUT2D eigenvalue weighted by Gasteiger charge is 2.02. The van der Waals surface area contributed by atoms with Crippen molar-refractivity contribution < 1.29 is 4.79 Å². The first kappa shape index (κ1) is 7.39. The average Bonchev–Trinajstić information content (AvgIpc) is 2.05. The van der Waals surface area contributed by atoms with Crippen LogP contribution in [0.4, 0.5) is 0 Å². The molecule has 0 unspecified atom stereocenters. The third kappa shape index (κ3) is 1.63. The van der Waals surface area contributed by atoms with E-state index in [1.165, 1.54) is 18.6 Å². The first-order chi connectivity index (χ1) is 4.84. The van der Waals surface area contributed by atoms with E-state index in [0.717, 1.165) is 0 Å². The van der Waals surface area contributed by atoms with E-state index < -0.39 is 0 Å². The van der Waals surface area contributed by atoms with Crippen LogP contribution in [0.1, 0.15) is 10.5 Å². The molecule has 0 fully saturated rings. The molecule has 10 heavy (non-hydrogen) atoms.